The molecule has 3 nitrogen and oxygen atoms in total. The van der Waals surface area contributed by atoms with E-state index in [0.29, 0.717) is 0 Å². The van der Waals surface area contributed by atoms with Gasteiger partial charge in [0, 0.05) is 0 Å². The van der Waals surface area contributed by atoms with Crippen molar-refractivity contribution in [3.63, 3.8) is 0 Å². The lowest BCUT2D eigenvalue weighted by Crippen LogP contribution is -2.35. The number of hydrogen-bond acceptors (Lipinski definition) is 2. The van der Waals surface area contributed by atoms with Crippen molar-refractivity contribution in [1.29, 1.82) is 0 Å². The molecule has 3 rings (SSSR count). The molecule has 3 aromatic rings. The highest BCUT2D eigenvalue weighted by atomic mass is 32.1. The quantitative estimate of drug-likeness (QED) is 0.708. The van der Waals surface area contributed by atoms with Crippen LogP contribution in [0, 0.1) is 5.82 Å². The van der Waals surface area contributed by atoms with Crippen LogP contribution in [-0.4, -0.2) is 11.0 Å². The topological polar surface area (TPSA) is 41.1 Å². The Morgan fingerprint density at radius 1 is 0.958 bits per heavy atom. The molecule has 120 valence electrons. The second-order valence-electron chi connectivity index (χ2n) is 5.30. The third-order valence-corrected chi connectivity index (χ3v) is 3.81. The van der Waals surface area contributed by atoms with Gasteiger partial charge in [0.25, 0.3) is 0 Å². The van der Waals surface area contributed by atoms with Crippen LogP contribution in [0.4, 0.5) is 10.1 Å². The lowest BCUT2D eigenvalue weighted by atomic mass is 10.0. The minimum absolute atomic E-state index is 0.0744. The van der Waals surface area contributed by atoms with Crippen molar-refractivity contribution in [3.8, 4) is 0 Å². The zero-order chi connectivity index (χ0) is 16.9. The van der Waals surface area contributed by atoms with E-state index in [0.717, 1.165) is 16.3 Å². The number of amides is 1. The standard InChI is InChI=1S/C19H15FN2OS/c20-16-10-3-4-11-17(16)21-19(24)22-18(23)12-14-8-5-7-13-6-1-2-9-15(13)14/h1-11H,12H2,(H2,21,22,23,24). The summed E-state index contributed by atoms with van der Waals surface area (Å²) in [4.78, 5) is 12.2. The molecular weight excluding hydrogens is 323 g/mol. The summed E-state index contributed by atoms with van der Waals surface area (Å²) in [6, 6.07) is 19.9. The van der Waals surface area contributed by atoms with Crippen molar-refractivity contribution < 1.29 is 9.18 Å². The van der Waals surface area contributed by atoms with Crippen LogP contribution in [0.3, 0.4) is 0 Å². The Labute approximate surface area is 144 Å². The van der Waals surface area contributed by atoms with Crippen LogP contribution in [-0.2, 0) is 11.2 Å². The number of rotatable bonds is 3. The fraction of sp³-hybridized carbons (Fsp3) is 0.0526. The van der Waals surface area contributed by atoms with Crippen LogP contribution >= 0.6 is 12.2 Å². The molecule has 0 saturated heterocycles. The number of carbonyl (C=O) groups is 1. The monoisotopic (exact) mass is 338 g/mol. The molecule has 1 amide bonds. The van der Waals surface area contributed by atoms with Gasteiger partial charge in [0.1, 0.15) is 5.82 Å². The molecule has 0 aliphatic carbocycles. The maximum absolute atomic E-state index is 13.6. The number of halogens is 1. The van der Waals surface area contributed by atoms with Gasteiger partial charge in [-0.05, 0) is 40.7 Å². The van der Waals surface area contributed by atoms with Crippen LogP contribution in [0.2, 0.25) is 0 Å². The first-order valence-corrected chi connectivity index (χ1v) is 7.86. The van der Waals surface area contributed by atoms with Gasteiger partial charge in [0.15, 0.2) is 5.11 Å². The zero-order valence-corrected chi connectivity index (χ0v) is 13.6. The van der Waals surface area contributed by atoms with E-state index in [1.165, 1.54) is 6.07 Å². The molecule has 0 aromatic heterocycles. The Morgan fingerprint density at radius 2 is 1.67 bits per heavy atom. The Hall–Kier alpha value is -2.79. The van der Waals surface area contributed by atoms with Gasteiger partial charge < -0.3 is 10.6 Å². The van der Waals surface area contributed by atoms with Gasteiger partial charge in [-0.3, -0.25) is 4.79 Å². The highest BCUT2D eigenvalue weighted by Gasteiger charge is 2.10. The van der Waals surface area contributed by atoms with Gasteiger partial charge in [-0.2, -0.15) is 0 Å². The number of thiocarbonyl (C=S) groups is 1. The van der Waals surface area contributed by atoms with E-state index < -0.39 is 5.82 Å². The summed E-state index contributed by atoms with van der Waals surface area (Å²) in [5.74, 6) is -0.677. The Balaban J connectivity index is 1.67. The first kappa shape index (κ1) is 16.1. The SMILES string of the molecule is O=C(Cc1cccc2ccccc12)NC(=S)Nc1ccccc1F. The van der Waals surface area contributed by atoms with Crippen molar-refractivity contribution in [2.45, 2.75) is 6.42 Å². The van der Waals surface area contributed by atoms with Gasteiger partial charge in [0.2, 0.25) is 5.91 Å². The van der Waals surface area contributed by atoms with Crippen molar-refractivity contribution >= 4 is 39.7 Å². The molecule has 0 radical (unpaired) electrons. The van der Waals surface area contributed by atoms with E-state index in [-0.39, 0.29) is 23.1 Å². The average molecular weight is 338 g/mol. The van der Waals surface area contributed by atoms with E-state index in [1.807, 2.05) is 42.5 Å². The maximum Gasteiger partial charge on any atom is 0.230 e. The minimum atomic E-state index is -0.428. The largest absolute Gasteiger partial charge is 0.330 e. The zero-order valence-electron chi connectivity index (χ0n) is 12.8. The summed E-state index contributed by atoms with van der Waals surface area (Å²) in [5, 5.41) is 7.46. The number of anilines is 1. The van der Waals surface area contributed by atoms with E-state index >= 15 is 0 Å². The molecule has 0 aliphatic rings. The van der Waals surface area contributed by atoms with E-state index in [2.05, 4.69) is 10.6 Å². The number of nitrogens with one attached hydrogen (secondary N) is 2. The van der Waals surface area contributed by atoms with Gasteiger partial charge in [0.05, 0.1) is 12.1 Å². The van der Waals surface area contributed by atoms with E-state index in [1.54, 1.807) is 18.2 Å². The summed E-state index contributed by atoms with van der Waals surface area (Å²) in [7, 11) is 0. The summed E-state index contributed by atoms with van der Waals surface area (Å²) >= 11 is 5.07. The summed E-state index contributed by atoms with van der Waals surface area (Å²) in [5.41, 5.74) is 1.15. The molecule has 0 fully saturated rings. The number of carbonyl (C=O) groups excluding carboxylic acids is 1. The fourth-order valence-electron chi connectivity index (χ4n) is 2.51. The van der Waals surface area contributed by atoms with Crippen LogP contribution in [0.15, 0.2) is 66.7 Å². The Morgan fingerprint density at radius 3 is 2.50 bits per heavy atom. The van der Waals surface area contributed by atoms with Gasteiger partial charge in [-0.25, -0.2) is 4.39 Å². The molecule has 2 N–H and O–H groups in total. The predicted octanol–water partition coefficient (Wildman–Crippen LogP) is 4.03. The lowest BCUT2D eigenvalue weighted by Gasteiger charge is -2.11. The average Bonchev–Trinajstić information content (AvgIpc) is 2.57. The molecule has 0 bridgehead atoms. The molecule has 0 heterocycles. The second kappa shape index (κ2) is 7.19. The van der Waals surface area contributed by atoms with Crippen LogP contribution < -0.4 is 10.6 Å². The van der Waals surface area contributed by atoms with Crippen molar-refractivity contribution in [2.75, 3.05) is 5.32 Å². The van der Waals surface area contributed by atoms with Gasteiger partial charge in [-0.1, -0.05) is 54.6 Å². The first-order valence-electron chi connectivity index (χ1n) is 7.45. The second-order valence-corrected chi connectivity index (χ2v) is 5.71. The third-order valence-electron chi connectivity index (χ3n) is 3.61. The van der Waals surface area contributed by atoms with E-state index in [4.69, 9.17) is 12.2 Å². The summed E-state index contributed by atoms with van der Waals surface area (Å²) < 4.78 is 13.6. The molecule has 0 saturated carbocycles. The Bertz CT molecular complexity index is 905. The first-order chi connectivity index (χ1) is 11.6. The Kier molecular flexibility index (Phi) is 4.82. The highest BCUT2D eigenvalue weighted by Crippen LogP contribution is 2.19. The van der Waals surface area contributed by atoms with Crippen molar-refractivity contribution in [3.05, 3.63) is 78.1 Å². The normalized spacial score (nSPS) is 10.4. The van der Waals surface area contributed by atoms with Gasteiger partial charge in [-0.15, -0.1) is 0 Å². The van der Waals surface area contributed by atoms with E-state index in [9.17, 15) is 9.18 Å². The molecule has 0 aliphatic heterocycles. The smallest absolute Gasteiger partial charge is 0.230 e. The molecule has 0 atom stereocenters. The molecule has 5 heteroatoms. The number of hydrogen-bond donors (Lipinski definition) is 2. The molecule has 3 aromatic carbocycles. The molecular formula is C19H15FN2OS. The molecule has 0 spiro atoms. The molecule has 24 heavy (non-hydrogen) atoms. The number of para-hydroxylation sites is 1. The highest BCUT2D eigenvalue weighted by molar-refractivity contribution is 7.80. The third kappa shape index (κ3) is 3.75. The van der Waals surface area contributed by atoms with Crippen molar-refractivity contribution in [2.24, 2.45) is 0 Å². The van der Waals surface area contributed by atoms with Crippen molar-refractivity contribution in [1.82, 2.24) is 5.32 Å². The lowest BCUT2D eigenvalue weighted by molar-refractivity contribution is -0.119. The molecule has 0 unspecified atom stereocenters. The predicted molar refractivity (Wildman–Crippen MR) is 98.4 cm³/mol. The number of benzene rings is 3. The summed E-state index contributed by atoms with van der Waals surface area (Å²) in [6.45, 7) is 0. The fourth-order valence-corrected chi connectivity index (χ4v) is 2.73. The number of fused-ring (bicyclic) bond motifs is 1. The maximum atomic E-state index is 13.6. The minimum Gasteiger partial charge on any atom is -0.330 e. The summed E-state index contributed by atoms with van der Waals surface area (Å²) in [6.07, 6.45) is 0.195. The van der Waals surface area contributed by atoms with Gasteiger partial charge >= 0.3 is 0 Å². The van der Waals surface area contributed by atoms with Crippen LogP contribution in [0.1, 0.15) is 5.56 Å². The van der Waals surface area contributed by atoms with Crippen LogP contribution in [0.25, 0.3) is 10.8 Å². The van der Waals surface area contributed by atoms with Crippen LogP contribution in [0.5, 0.6) is 0 Å².